The summed E-state index contributed by atoms with van der Waals surface area (Å²) in [5.74, 6) is 0. The van der Waals surface area contributed by atoms with Crippen molar-refractivity contribution in [3.63, 3.8) is 0 Å². The van der Waals surface area contributed by atoms with Crippen LogP contribution in [0.3, 0.4) is 0 Å². The lowest BCUT2D eigenvalue weighted by atomic mass is 10.3. The fourth-order valence-electron chi connectivity index (χ4n) is 4.53. The Kier molecular flexibility index (Phi) is 18.4. The van der Waals surface area contributed by atoms with Gasteiger partial charge in [-0.15, -0.1) is 22.7 Å². The summed E-state index contributed by atoms with van der Waals surface area (Å²) in [5, 5.41) is 13.3. The van der Waals surface area contributed by atoms with Crippen molar-refractivity contribution in [2.45, 2.75) is 0 Å². The number of para-hydroxylation sites is 2. The van der Waals surface area contributed by atoms with Gasteiger partial charge in [0.1, 0.15) is 11.2 Å². The molecule has 0 fully saturated rings. The zero-order valence-electron chi connectivity index (χ0n) is 30.4. The van der Waals surface area contributed by atoms with Crippen molar-refractivity contribution in [1.82, 2.24) is 0 Å². The van der Waals surface area contributed by atoms with Crippen LogP contribution in [0.25, 0.3) is 42.1 Å². The molecule has 0 aliphatic heterocycles. The third kappa shape index (κ3) is 15.4. The number of fused-ring (bicyclic) bond motifs is 4. The second kappa shape index (κ2) is 25.4. The van der Waals surface area contributed by atoms with Gasteiger partial charge in [-0.2, -0.15) is 11.3 Å². The largest absolute Gasteiger partial charge is 0.473 e. The maximum absolute atomic E-state index is 5.12. The van der Waals surface area contributed by atoms with E-state index in [1.54, 1.807) is 84.1 Å². The lowest BCUT2D eigenvalue weighted by Gasteiger charge is -1.82. The van der Waals surface area contributed by atoms with Crippen LogP contribution in [0.2, 0.25) is 0 Å². The SMILES string of the molecule is c1ccc2occc2c1.c1ccc2occc2c1.c1ccc2sccc2c1.c1ccc2sccc2c1.c1ccoc1.c1ccoc1.c1ccoc1.c1ccsc1. The molecule has 0 amide bonds. The van der Waals surface area contributed by atoms with Gasteiger partial charge < -0.3 is 22.1 Å². The van der Waals surface area contributed by atoms with Crippen molar-refractivity contribution in [3.8, 4) is 0 Å². The molecule has 5 nitrogen and oxygen atoms in total. The summed E-state index contributed by atoms with van der Waals surface area (Å²) in [4.78, 5) is 0. The summed E-state index contributed by atoms with van der Waals surface area (Å²) in [6, 6.07) is 55.9. The van der Waals surface area contributed by atoms with Gasteiger partial charge in [-0.05, 0) is 117 Å². The summed E-state index contributed by atoms with van der Waals surface area (Å²) in [7, 11) is 0. The summed E-state index contributed by atoms with van der Waals surface area (Å²) >= 11 is 5.29. The van der Waals surface area contributed by atoms with Crippen molar-refractivity contribution in [1.29, 1.82) is 0 Å². The molecule has 0 saturated heterocycles. The molecule has 0 bridgehead atoms. The molecular weight excluding hydrogens is 753 g/mol. The molecule has 8 heteroatoms. The molecule has 0 radical (unpaired) electrons. The average Bonchev–Trinajstić information content (AvgIpc) is 4.12. The molecule has 4 aromatic carbocycles. The van der Waals surface area contributed by atoms with E-state index in [1.807, 2.05) is 120 Å². The quantitative estimate of drug-likeness (QED) is 0.153. The van der Waals surface area contributed by atoms with Gasteiger partial charge in [-0.3, -0.25) is 0 Å². The molecule has 8 aromatic heterocycles. The smallest absolute Gasteiger partial charge is 0.133 e. The Labute approximate surface area is 337 Å². The van der Waals surface area contributed by atoms with Crippen molar-refractivity contribution in [2.24, 2.45) is 0 Å². The van der Waals surface area contributed by atoms with Crippen LogP contribution < -0.4 is 0 Å². The highest BCUT2D eigenvalue weighted by molar-refractivity contribution is 7.17. The van der Waals surface area contributed by atoms with E-state index in [4.69, 9.17) is 8.83 Å². The first-order valence-electron chi connectivity index (χ1n) is 17.4. The minimum Gasteiger partial charge on any atom is -0.473 e. The number of thiophene rings is 3. The van der Waals surface area contributed by atoms with Crippen LogP contribution in [0.15, 0.2) is 264 Å². The number of benzene rings is 4. The highest BCUT2D eigenvalue weighted by atomic mass is 32.1. The van der Waals surface area contributed by atoms with Gasteiger partial charge in [0.05, 0.1) is 50.1 Å². The van der Waals surface area contributed by atoms with E-state index in [-0.39, 0.29) is 0 Å². The Hall–Kier alpha value is -6.58. The first kappa shape index (κ1) is 40.6. The molecule has 0 aliphatic carbocycles. The molecule has 0 aliphatic rings. The van der Waals surface area contributed by atoms with Crippen molar-refractivity contribution in [3.05, 3.63) is 241 Å². The highest BCUT2D eigenvalue weighted by Crippen LogP contribution is 2.20. The predicted octanol–water partition coefficient (Wildman–Crippen LogP) is 16.3. The molecular formula is C48H40O5S3. The van der Waals surface area contributed by atoms with E-state index in [0.717, 1.165) is 21.9 Å². The number of furan rings is 5. The van der Waals surface area contributed by atoms with E-state index in [0.29, 0.717) is 0 Å². The zero-order valence-corrected chi connectivity index (χ0v) is 32.8. The van der Waals surface area contributed by atoms with E-state index < -0.39 is 0 Å². The Bertz CT molecular complexity index is 2050. The van der Waals surface area contributed by atoms with Gasteiger partial charge in [0.25, 0.3) is 0 Å². The zero-order chi connectivity index (χ0) is 38.6. The van der Waals surface area contributed by atoms with Gasteiger partial charge in [-0.1, -0.05) is 84.9 Å². The van der Waals surface area contributed by atoms with Gasteiger partial charge in [0.15, 0.2) is 0 Å². The Morgan fingerprint density at radius 2 is 0.625 bits per heavy atom. The first-order chi connectivity index (χ1) is 27.9. The standard InChI is InChI=1S/2C8H6O.2C8H6S.3C4H4O.C4H4S/c4*1-2-4-8-7(3-1)5-6-9-8;4*1-2-4-5-3-1/h4*1-6H;4*1-4H. The van der Waals surface area contributed by atoms with Crippen LogP contribution in [0, 0.1) is 0 Å². The second-order valence-corrected chi connectivity index (χ2v) is 13.7. The normalized spacial score (nSPS) is 9.43. The monoisotopic (exact) mass is 792 g/mol. The molecule has 56 heavy (non-hydrogen) atoms. The van der Waals surface area contributed by atoms with Crippen LogP contribution in [-0.2, 0) is 0 Å². The molecule has 12 rings (SSSR count). The van der Waals surface area contributed by atoms with Gasteiger partial charge in [0.2, 0.25) is 0 Å². The summed E-state index contributed by atoms with van der Waals surface area (Å²) < 4.78 is 26.7. The number of hydrogen-bond acceptors (Lipinski definition) is 8. The van der Waals surface area contributed by atoms with E-state index >= 15 is 0 Å². The van der Waals surface area contributed by atoms with Crippen molar-refractivity contribution in [2.75, 3.05) is 0 Å². The molecule has 8 heterocycles. The molecule has 0 saturated carbocycles. The van der Waals surface area contributed by atoms with Gasteiger partial charge in [0, 0.05) is 20.2 Å². The topological polar surface area (TPSA) is 65.7 Å². The van der Waals surface area contributed by atoms with Gasteiger partial charge >= 0.3 is 0 Å². The molecule has 280 valence electrons. The third-order valence-corrected chi connectivity index (χ3v) is 9.57. The molecule has 12 aromatic rings. The van der Waals surface area contributed by atoms with E-state index in [9.17, 15) is 0 Å². The maximum atomic E-state index is 5.12. The van der Waals surface area contributed by atoms with Crippen LogP contribution in [0.1, 0.15) is 0 Å². The highest BCUT2D eigenvalue weighted by Gasteiger charge is 1.91. The molecule has 0 unspecified atom stereocenters. The molecule has 0 N–H and O–H groups in total. The third-order valence-electron chi connectivity index (χ3n) is 7.15. The fourth-order valence-corrected chi connectivity index (χ4v) is 6.57. The second-order valence-electron chi connectivity index (χ2n) is 11.0. The van der Waals surface area contributed by atoms with Crippen LogP contribution >= 0.6 is 34.0 Å². The summed E-state index contributed by atoms with van der Waals surface area (Å²) in [5.41, 5.74) is 1.91. The Morgan fingerprint density at radius 1 is 0.268 bits per heavy atom. The van der Waals surface area contributed by atoms with Crippen LogP contribution in [0.4, 0.5) is 0 Å². The Morgan fingerprint density at radius 3 is 0.929 bits per heavy atom. The number of rotatable bonds is 0. The lowest BCUT2D eigenvalue weighted by molar-refractivity contribution is 0.567. The molecule has 0 spiro atoms. The minimum absolute atomic E-state index is 0.956. The van der Waals surface area contributed by atoms with E-state index in [1.165, 1.54) is 20.2 Å². The van der Waals surface area contributed by atoms with E-state index in [2.05, 4.69) is 84.7 Å². The summed E-state index contributed by atoms with van der Waals surface area (Å²) in [6.07, 6.45) is 13.1. The summed E-state index contributed by atoms with van der Waals surface area (Å²) in [6.45, 7) is 0. The first-order valence-corrected chi connectivity index (χ1v) is 20.1. The van der Waals surface area contributed by atoms with Crippen molar-refractivity contribution >= 4 is 76.1 Å². The van der Waals surface area contributed by atoms with Crippen LogP contribution in [-0.4, -0.2) is 0 Å². The average molecular weight is 793 g/mol. The minimum atomic E-state index is 0.956. The van der Waals surface area contributed by atoms with Gasteiger partial charge in [-0.25, -0.2) is 0 Å². The Balaban J connectivity index is 0.000000124. The molecule has 0 atom stereocenters. The fraction of sp³-hybridized carbons (Fsp3) is 0. The number of hydrogen-bond donors (Lipinski definition) is 0. The van der Waals surface area contributed by atoms with Crippen molar-refractivity contribution < 1.29 is 22.1 Å². The van der Waals surface area contributed by atoms with Crippen LogP contribution in [0.5, 0.6) is 0 Å². The maximum Gasteiger partial charge on any atom is 0.133 e. The lowest BCUT2D eigenvalue weighted by Crippen LogP contribution is -1.57. The predicted molar refractivity (Wildman–Crippen MR) is 237 cm³/mol.